The van der Waals surface area contributed by atoms with Gasteiger partial charge in [0.25, 0.3) is 5.91 Å². The summed E-state index contributed by atoms with van der Waals surface area (Å²) in [6, 6.07) is 5.01. The summed E-state index contributed by atoms with van der Waals surface area (Å²) in [7, 11) is -2.35. The van der Waals surface area contributed by atoms with Gasteiger partial charge in [-0.3, -0.25) is 4.79 Å². The molecule has 0 saturated carbocycles. The highest BCUT2D eigenvalue weighted by molar-refractivity contribution is 7.89. The fourth-order valence-electron chi connectivity index (χ4n) is 3.55. The monoisotopic (exact) mass is 419 g/mol. The molecule has 1 amide bonds. The number of amides is 1. The van der Waals surface area contributed by atoms with E-state index in [-0.39, 0.29) is 46.2 Å². The van der Waals surface area contributed by atoms with Crippen LogP contribution in [0.2, 0.25) is 0 Å². The predicted octanol–water partition coefficient (Wildman–Crippen LogP) is 0.547. The predicted molar refractivity (Wildman–Crippen MR) is 100 cm³/mol. The van der Waals surface area contributed by atoms with E-state index in [1.807, 2.05) is 0 Å². The van der Waals surface area contributed by atoms with Gasteiger partial charge in [-0.25, -0.2) is 17.5 Å². The Hall–Kier alpha value is -2.94. The van der Waals surface area contributed by atoms with Crippen LogP contribution in [0.5, 0.6) is 5.75 Å². The van der Waals surface area contributed by atoms with Gasteiger partial charge in [0.05, 0.1) is 12.2 Å². The van der Waals surface area contributed by atoms with Crippen molar-refractivity contribution in [2.75, 3.05) is 25.0 Å². The van der Waals surface area contributed by atoms with Gasteiger partial charge in [-0.15, -0.1) is 0 Å². The van der Waals surface area contributed by atoms with E-state index in [4.69, 9.17) is 10.00 Å². The summed E-state index contributed by atoms with van der Waals surface area (Å²) in [6.45, 7) is 1.35. The minimum absolute atomic E-state index is 0.0117. The molecule has 1 aromatic carbocycles. The highest BCUT2D eigenvalue weighted by Crippen LogP contribution is 2.33. The lowest BCUT2D eigenvalue weighted by atomic mass is 10.1. The number of ether oxygens (including phenoxy) is 1. The first-order chi connectivity index (χ1) is 13.8. The average Bonchev–Trinajstić information content (AvgIpc) is 3.23. The first-order valence-electron chi connectivity index (χ1n) is 8.86. The van der Waals surface area contributed by atoms with E-state index >= 15 is 0 Å². The molecule has 11 heteroatoms. The minimum atomic E-state index is -3.89. The molecular formula is C18H18FN5O4S. The Morgan fingerprint density at radius 2 is 2.21 bits per heavy atom. The molecule has 9 nitrogen and oxygen atoms in total. The number of benzene rings is 1. The molecule has 152 valence electrons. The molecule has 1 saturated heterocycles. The molecule has 3 heterocycles. The first-order valence-corrected chi connectivity index (χ1v) is 10.3. The number of aromatic nitrogens is 1. The largest absolute Gasteiger partial charge is 0.489 e. The molecule has 0 bridgehead atoms. The van der Waals surface area contributed by atoms with Crippen molar-refractivity contribution >= 4 is 21.6 Å². The van der Waals surface area contributed by atoms with E-state index in [2.05, 4.69) is 15.4 Å². The molecular weight excluding hydrogens is 401 g/mol. The van der Waals surface area contributed by atoms with Crippen molar-refractivity contribution in [1.29, 1.82) is 5.26 Å². The van der Waals surface area contributed by atoms with Crippen LogP contribution in [0, 0.1) is 23.1 Å². The second kappa shape index (κ2) is 7.14. The van der Waals surface area contributed by atoms with Gasteiger partial charge >= 0.3 is 0 Å². The standard InChI is InChI=1S/C18H18FN5O4S/c1-24-8-15-17(28-9-11-6-21-7-14(11)23-29(15,26)27)16(24)18(25)22-12-2-3-13(19)10(4-12)5-20/h2-4,8,11,14,21,23H,6-7,9H2,1H3,(H,22,25). The molecule has 29 heavy (non-hydrogen) atoms. The number of carbonyl (C=O) groups is 1. The lowest BCUT2D eigenvalue weighted by Gasteiger charge is -2.24. The third kappa shape index (κ3) is 3.46. The number of nitrogens with zero attached hydrogens (tertiary/aromatic N) is 2. The molecule has 0 spiro atoms. The fourth-order valence-corrected chi connectivity index (χ4v) is 5.05. The van der Waals surface area contributed by atoms with Gasteiger partial charge in [-0.2, -0.15) is 5.26 Å². The van der Waals surface area contributed by atoms with Crippen LogP contribution in [0.15, 0.2) is 29.3 Å². The second-order valence-corrected chi connectivity index (χ2v) is 8.68. The van der Waals surface area contributed by atoms with E-state index in [0.29, 0.717) is 13.1 Å². The van der Waals surface area contributed by atoms with Crippen molar-refractivity contribution in [2.45, 2.75) is 10.9 Å². The van der Waals surface area contributed by atoms with Crippen molar-refractivity contribution in [3.8, 4) is 11.8 Å². The average molecular weight is 419 g/mol. The first kappa shape index (κ1) is 19.4. The fraction of sp³-hybridized carbons (Fsp3) is 0.333. The van der Waals surface area contributed by atoms with Crippen LogP contribution in [-0.4, -0.2) is 44.6 Å². The molecule has 2 aromatic rings. The molecule has 3 N–H and O–H groups in total. The van der Waals surface area contributed by atoms with E-state index < -0.39 is 21.7 Å². The third-order valence-electron chi connectivity index (χ3n) is 5.04. The number of nitriles is 1. The van der Waals surface area contributed by atoms with Gasteiger partial charge < -0.3 is 19.9 Å². The van der Waals surface area contributed by atoms with E-state index in [1.165, 1.54) is 29.9 Å². The van der Waals surface area contributed by atoms with Crippen LogP contribution >= 0.6 is 0 Å². The molecule has 1 aromatic heterocycles. The Kier molecular flexibility index (Phi) is 4.77. The van der Waals surface area contributed by atoms with E-state index in [9.17, 15) is 17.6 Å². The zero-order chi connectivity index (χ0) is 20.8. The number of hydrogen-bond acceptors (Lipinski definition) is 6. The summed E-state index contributed by atoms with van der Waals surface area (Å²) < 4.78 is 49.0. The summed E-state index contributed by atoms with van der Waals surface area (Å²) >= 11 is 0. The van der Waals surface area contributed by atoms with Gasteiger partial charge in [-0.1, -0.05) is 0 Å². The van der Waals surface area contributed by atoms with Crippen LogP contribution in [0.25, 0.3) is 0 Å². The summed E-state index contributed by atoms with van der Waals surface area (Å²) in [5, 5.41) is 14.6. The van der Waals surface area contributed by atoms with Crippen LogP contribution in [-0.2, 0) is 17.1 Å². The molecule has 0 radical (unpaired) electrons. The van der Waals surface area contributed by atoms with Crippen molar-refractivity contribution in [2.24, 2.45) is 13.0 Å². The maximum absolute atomic E-state index is 13.5. The van der Waals surface area contributed by atoms with Gasteiger partial charge in [-0.05, 0) is 18.2 Å². The lowest BCUT2D eigenvalue weighted by Crippen LogP contribution is -2.43. The lowest BCUT2D eigenvalue weighted by molar-refractivity contribution is 0.101. The maximum Gasteiger partial charge on any atom is 0.276 e. The number of nitrogens with one attached hydrogen (secondary N) is 3. The Bertz CT molecular complexity index is 1140. The smallest absolute Gasteiger partial charge is 0.276 e. The number of carbonyl (C=O) groups excluding carboxylic acids is 1. The second-order valence-electron chi connectivity index (χ2n) is 7.00. The zero-order valence-corrected chi connectivity index (χ0v) is 16.2. The number of rotatable bonds is 2. The molecule has 2 atom stereocenters. The third-order valence-corrected chi connectivity index (χ3v) is 6.52. The Morgan fingerprint density at radius 1 is 1.41 bits per heavy atom. The van der Waals surface area contributed by atoms with Crippen molar-refractivity contribution in [3.05, 3.63) is 41.5 Å². The number of hydrogen-bond donors (Lipinski definition) is 3. The number of aryl methyl sites for hydroxylation is 1. The number of anilines is 1. The van der Waals surface area contributed by atoms with Gasteiger partial charge in [0.15, 0.2) is 11.4 Å². The topological polar surface area (TPSA) is 125 Å². The number of halogens is 1. The summed E-state index contributed by atoms with van der Waals surface area (Å²) in [6.07, 6.45) is 1.32. The molecule has 2 aliphatic heterocycles. The Labute approximate surface area is 166 Å². The van der Waals surface area contributed by atoms with Crippen LogP contribution in [0.4, 0.5) is 10.1 Å². The van der Waals surface area contributed by atoms with Crippen molar-refractivity contribution < 1.29 is 22.3 Å². The molecule has 2 aliphatic rings. The highest BCUT2D eigenvalue weighted by Gasteiger charge is 2.38. The molecule has 2 unspecified atom stereocenters. The Balaban J connectivity index is 1.70. The number of sulfonamides is 1. The van der Waals surface area contributed by atoms with Gasteiger partial charge in [0.2, 0.25) is 10.0 Å². The molecule has 1 fully saturated rings. The summed E-state index contributed by atoms with van der Waals surface area (Å²) in [5.41, 5.74) is 0.000183. The SMILES string of the molecule is Cn1cc2c(c1C(=O)Nc1ccc(F)c(C#N)c1)OCC1CNCC1NS2(=O)=O. The highest BCUT2D eigenvalue weighted by atomic mass is 32.2. The van der Waals surface area contributed by atoms with Crippen LogP contribution in [0.1, 0.15) is 16.1 Å². The minimum Gasteiger partial charge on any atom is -0.489 e. The van der Waals surface area contributed by atoms with Crippen molar-refractivity contribution in [1.82, 2.24) is 14.6 Å². The number of fused-ring (bicyclic) bond motifs is 2. The quantitative estimate of drug-likeness (QED) is 0.653. The van der Waals surface area contributed by atoms with E-state index in [1.54, 1.807) is 6.07 Å². The van der Waals surface area contributed by atoms with Crippen molar-refractivity contribution in [3.63, 3.8) is 0 Å². The van der Waals surface area contributed by atoms with Gasteiger partial charge in [0.1, 0.15) is 16.8 Å². The molecule has 0 aliphatic carbocycles. The summed E-state index contributed by atoms with van der Waals surface area (Å²) in [4.78, 5) is 12.8. The molecule has 4 rings (SSSR count). The van der Waals surface area contributed by atoms with Gasteiger partial charge in [0, 0.05) is 44.0 Å². The van der Waals surface area contributed by atoms with E-state index in [0.717, 1.165) is 6.07 Å². The van der Waals surface area contributed by atoms with Crippen LogP contribution in [0.3, 0.4) is 0 Å². The normalized spacial score (nSPS) is 22.4. The Morgan fingerprint density at radius 3 is 2.97 bits per heavy atom. The zero-order valence-electron chi connectivity index (χ0n) is 15.4. The van der Waals surface area contributed by atoms with Crippen LogP contribution < -0.4 is 20.1 Å². The summed E-state index contributed by atoms with van der Waals surface area (Å²) in [5.74, 6) is -1.44. The maximum atomic E-state index is 13.5.